The van der Waals surface area contributed by atoms with Crippen LogP contribution in [0.2, 0.25) is 5.02 Å². The maximum absolute atomic E-state index is 13.2. The van der Waals surface area contributed by atoms with E-state index in [1.54, 1.807) is 24.3 Å². The monoisotopic (exact) mass is 524 g/mol. The molecule has 3 aromatic rings. The van der Waals surface area contributed by atoms with Crippen LogP contribution in [0.1, 0.15) is 57.2 Å². The van der Waals surface area contributed by atoms with Crippen LogP contribution in [0, 0.1) is 0 Å². The van der Waals surface area contributed by atoms with Gasteiger partial charge in [-0.15, -0.1) is 0 Å². The van der Waals surface area contributed by atoms with Crippen LogP contribution >= 0.6 is 11.6 Å². The molecule has 1 aliphatic carbocycles. The zero-order valence-corrected chi connectivity index (χ0v) is 22.4. The molecule has 0 radical (unpaired) electrons. The summed E-state index contributed by atoms with van der Waals surface area (Å²) in [5, 5.41) is 3.53. The van der Waals surface area contributed by atoms with E-state index < -0.39 is 0 Å². The second-order valence-corrected chi connectivity index (χ2v) is 10.2. The van der Waals surface area contributed by atoms with E-state index in [1.807, 2.05) is 36.2 Å². The van der Waals surface area contributed by atoms with E-state index in [9.17, 15) is 9.59 Å². The highest BCUT2D eigenvalue weighted by molar-refractivity contribution is 6.30. The first-order valence-electron chi connectivity index (χ1n) is 13.4. The fourth-order valence-corrected chi connectivity index (χ4v) is 5.08. The minimum Gasteiger partial charge on any atom is -0.484 e. The number of aromatic nitrogens is 2. The first-order chi connectivity index (χ1) is 18.0. The number of hydrogen-bond acceptors (Lipinski definition) is 4. The van der Waals surface area contributed by atoms with Gasteiger partial charge in [0.2, 0.25) is 5.91 Å². The molecule has 2 aromatic carbocycles. The van der Waals surface area contributed by atoms with Gasteiger partial charge in [-0.05, 0) is 62.1 Å². The number of likely N-dealkylation sites (N-methyl/N-ethyl adjacent to an activating group) is 1. The number of fused-ring (bicyclic) bond motifs is 1. The number of nitrogens with one attached hydrogen (secondary N) is 1. The van der Waals surface area contributed by atoms with Gasteiger partial charge in [0.15, 0.2) is 6.61 Å². The van der Waals surface area contributed by atoms with Gasteiger partial charge >= 0.3 is 0 Å². The van der Waals surface area contributed by atoms with Gasteiger partial charge < -0.3 is 19.5 Å². The van der Waals surface area contributed by atoms with Crippen LogP contribution in [0.3, 0.4) is 0 Å². The average molecular weight is 525 g/mol. The quantitative estimate of drug-likeness (QED) is 0.322. The molecule has 0 saturated heterocycles. The Labute approximate surface area is 224 Å². The highest BCUT2D eigenvalue weighted by atomic mass is 35.5. The Bertz CT molecular complexity index is 1170. The van der Waals surface area contributed by atoms with Crippen LogP contribution in [0.25, 0.3) is 11.0 Å². The Morgan fingerprint density at radius 1 is 1.05 bits per heavy atom. The number of carbonyl (C=O) groups excluding carboxylic acids is 2. The molecule has 0 aliphatic heterocycles. The number of benzene rings is 2. The Morgan fingerprint density at radius 2 is 1.81 bits per heavy atom. The van der Waals surface area contributed by atoms with Crippen molar-refractivity contribution in [2.24, 2.45) is 0 Å². The van der Waals surface area contributed by atoms with Crippen molar-refractivity contribution in [3.05, 3.63) is 59.4 Å². The summed E-state index contributed by atoms with van der Waals surface area (Å²) in [6.07, 6.45) is 9.45. The van der Waals surface area contributed by atoms with E-state index in [0.717, 1.165) is 55.4 Å². The average Bonchev–Trinajstić information content (AvgIpc) is 3.27. The summed E-state index contributed by atoms with van der Waals surface area (Å²) in [7, 11) is 1.95. The Kier molecular flexibility index (Phi) is 9.83. The standard InChI is InChI=1S/C29H37ClN4O3/c1-33(23-10-4-2-5-11-23)29(36)20-34-26-13-8-7-12-25(26)32-27(34)14-6-3-9-19-31-28(35)21-37-24-17-15-22(30)16-18-24/h7-8,12-13,15-18,23H,2-6,9-11,14,19-21H2,1H3,(H,31,35). The van der Waals surface area contributed by atoms with Crippen molar-refractivity contribution in [1.82, 2.24) is 19.8 Å². The number of unbranched alkanes of at least 4 members (excludes halogenated alkanes) is 2. The van der Waals surface area contributed by atoms with Crippen molar-refractivity contribution in [1.29, 1.82) is 0 Å². The van der Waals surface area contributed by atoms with Gasteiger partial charge in [-0.1, -0.05) is 49.4 Å². The summed E-state index contributed by atoms with van der Waals surface area (Å²) in [4.78, 5) is 32.0. The van der Waals surface area contributed by atoms with Gasteiger partial charge in [-0.3, -0.25) is 9.59 Å². The molecule has 0 unspecified atom stereocenters. The molecule has 7 nitrogen and oxygen atoms in total. The summed E-state index contributed by atoms with van der Waals surface area (Å²) in [5.74, 6) is 1.58. The number of hydrogen-bond donors (Lipinski definition) is 1. The predicted molar refractivity (Wildman–Crippen MR) is 147 cm³/mol. The fourth-order valence-electron chi connectivity index (χ4n) is 4.95. The summed E-state index contributed by atoms with van der Waals surface area (Å²) >= 11 is 5.86. The molecule has 0 bridgehead atoms. The number of rotatable bonds is 12. The minimum atomic E-state index is -0.141. The minimum absolute atomic E-state index is 0.0189. The van der Waals surface area contributed by atoms with Crippen molar-refractivity contribution < 1.29 is 14.3 Å². The Morgan fingerprint density at radius 3 is 2.59 bits per heavy atom. The topological polar surface area (TPSA) is 76.5 Å². The number of halogens is 1. The number of imidazole rings is 1. The van der Waals surface area contributed by atoms with E-state index in [0.29, 0.717) is 29.9 Å². The van der Waals surface area contributed by atoms with E-state index >= 15 is 0 Å². The van der Waals surface area contributed by atoms with Gasteiger partial charge in [0.05, 0.1) is 11.0 Å². The molecule has 37 heavy (non-hydrogen) atoms. The number of ether oxygens (including phenoxy) is 1. The smallest absolute Gasteiger partial charge is 0.257 e. The van der Waals surface area contributed by atoms with Gasteiger partial charge in [-0.25, -0.2) is 4.98 Å². The van der Waals surface area contributed by atoms with Crippen molar-refractivity contribution in [3.8, 4) is 5.75 Å². The number of nitrogens with zero attached hydrogens (tertiary/aromatic N) is 3. The largest absolute Gasteiger partial charge is 0.484 e. The molecule has 0 spiro atoms. The van der Waals surface area contributed by atoms with Gasteiger partial charge in [0.25, 0.3) is 5.91 Å². The summed E-state index contributed by atoms with van der Waals surface area (Å²) in [6, 6.07) is 15.3. The van der Waals surface area contributed by atoms with Gasteiger partial charge in [0, 0.05) is 31.1 Å². The summed E-state index contributed by atoms with van der Waals surface area (Å²) in [6.45, 7) is 0.908. The normalized spacial score (nSPS) is 14.0. The van der Waals surface area contributed by atoms with E-state index in [2.05, 4.69) is 9.88 Å². The van der Waals surface area contributed by atoms with Gasteiger partial charge in [-0.2, -0.15) is 0 Å². The lowest BCUT2D eigenvalue weighted by Crippen LogP contribution is -2.40. The molecule has 1 saturated carbocycles. The lowest BCUT2D eigenvalue weighted by atomic mass is 9.94. The molecule has 1 heterocycles. The second kappa shape index (κ2) is 13.5. The fraction of sp³-hybridized carbons (Fsp3) is 0.483. The molecule has 1 aliphatic rings. The highest BCUT2D eigenvalue weighted by Crippen LogP contribution is 2.23. The first kappa shape index (κ1) is 27.0. The summed E-state index contributed by atoms with van der Waals surface area (Å²) < 4.78 is 7.57. The van der Waals surface area contributed by atoms with E-state index in [4.69, 9.17) is 21.3 Å². The third-order valence-electron chi connectivity index (χ3n) is 7.13. The van der Waals surface area contributed by atoms with Crippen molar-refractivity contribution >= 4 is 34.4 Å². The SMILES string of the molecule is CN(C(=O)Cn1c(CCCCCNC(=O)COc2ccc(Cl)cc2)nc2ccccc21)C1CCCCC1. The zero-order chi connectivity index (χ0) is 26.0. The van der Waals surface area contributed by atoms with Gasteiger partial charge in [0.1, 0.15) is 18.1 Å². The molecular weight excluding hydrogens is 488 g/mol. The highest BCUT2D eigenvalue weighted by Gasteiger charge is 2.23. The molecular formula is C29H37ClN4O3. The lowest BCUT2D eigenvalue weighted by molar-refractivity contribution is -0.133. The molecule has 1 fully saturated rings. The van der Waals surface area contributed by atoms with E-state index in [-0.39, 0.29) is 18.4 Å². The lowest BCUT2D eigenvalue weighted by Gasteiger charge is -2.31. The third-order valence-corrected chi connectivity index (χ3v) is 7.38. The molecule has 2 amide bonds. The molecule has 1 aromatic heterocycles. The maximum Gasteiger partial charge on any atom is 0.257 e. The van der Waals surface area contributed by atoms with Crippen LogP contribution in [-0.4, -0.2) is 52.5 Å². The van der Waals surface area contributed by atoms with E-state index in [1.165, 1.54) is 19.3 Å². The van der Waals surface area contributed by atoms with Crippen LogP contribution in [-0.2, 0) is 22.6 Å². The molecule has 8 heteroatoms. The molecule has 0 atom stereocenters. The molecule has 1 N–H and O–H groups in total. The molecule has 4 rings (SSSR count). The number of carbonyl (C=O) groups is 2. The van der Waals surface area contributed by atoms with Crippen molar-refractivity contribution in [2.45, 2.75) is 70.4 Å². The van der Waals surface area contributed by atoms with Crippen LogP contribution < -0.4 is 10.1 Å². The van der Waals surface area contributed by atoms with Crippen LogP contribution in [0.5, 0.6) is 5.75 Å². The predicted octanol–water partition coefficient (Wildman–Crippen LogP) is 5.39. The third kappa shape index (κ3) is 7.71. The van der Waals surface area contributed by atoms with Crippen LogP contribution in [0.15, 0.2) is 48.5 Å². The number of para-hydroxylation sites is 2. The first-order valence-corrected chi connectivity index (χ1v) is 13.7. The van der Waals surface area contributed by atoms with Crippen molar-refractivity contribution in [2.75, 3.05) is 20.2 Å². The Balaban J connectivity index is 1.23. The maximum atomic E-state index is 13.2. The Hall–Kier alpha value is -3.06. The summed E-state index contributed by atoms with van der Waals surface area (Å²) in [5.41, 5.74) is 1.94. The molecule has 198 valence electrons. The number of amides is 2. The number of aryl methyl sites for hydroxylation is 1. The van der Waals surface area contributed by atoms with Crippen LogP contribution in [0.4, 0.5) is 0 Å². The van der Waals surface area contributed by atoms with Crippen molar-refractivity contribution in [3.63, 3.8) is 0 Å². The second-order valence-electron chi connectivity index (χ2n) is 9.80. The zero-order valence-electron chi connectivity index (χ0n) is 21.6.